The molecule has 1 fully saturated rings. The van der Waals surface area contributed by atoms with E-state index in [0.717, 1.165) is 45.0 Å². The third kappa shape index (κ3) is 3.91. The topological polar surface area (TPSA) is 66.1 Å². The number of carbonyl (C=O) groups excluding carboxylic acids is 2. The molecule has 2 heterocycles. The lowest BCUT2D eigenvalue weighted by Gasteiger charge is -2.12. The molecule has 5 nitrogen and oxygen atoms in total. The molecular formula is C28H21N3O2S. The fourth-order valence-corrected chi connectivity index (χ4v) is 5.13. The van der Waals surface area contributed by atoms with Gasteiger partial charge in [0.05, 0.1) is 23.1 Å². The van der Waals surface area contributed by atoms with Gasteiger partial charge in [-0.2, -0.15) is 5.26 Å². The van der Waals surface area contributed by atoms with E-state index in [2.05, 4.69) is 10.6 Å². The lowest BCUT2D eigenvalue weighted by Crippen LogP contribution is -2.27. The Kier molecular flexibility index (Phi) is 5.79. The average molecular weight is 464 g/mol. The van der Waals surface area contributed by atoms with Gasteiger partial charge in [-0.25, -0.2) is 0 Å². The van der Waals surface area contributed by atoms with Crippen molar-refractivity contribution in [2.75, 3.05) is 0 Å². The highest BCUT2D eigenvalue weighted by Crippen LogP contribution is 2.36. The van der Waals surface area contributed by atoms with Crippen LogP contribution in [0.1, 0.15) is 27.9 Å². The zero-order valence-corrected chi connectivity index (χ0v) is 19.4. The number of thioether (sulfide) groups is 1. The Labute approximate surface area is 201 Å². The van der Waals surface area contributed by atoms with Crippen molar-refractivity contribution < 1.29 is 9.59 Å². The molecule has 0 spiro atoms. The fourth-order valence-electron chi connectivity index (χ4n) is 4.31. The molecule has 1 aromatic heterocycles. The molecule has 4 aromatic rings. The minimum Gasteiger partial charge on any atom is -0.340 e. The van der Waals surface area contributed by atoms with Gasteiger partial charge in [0.25, 0.3) is 11.1 Å². The summed E-state index contributed by atoms with van der Waals surface area (Å²) in [6.45, 7) is 2.81. The predicted octanol–water partition coefficient (Wildman–Crippen LogP) is 6.11. The number of rotatable bonds is 5. The monoisotopic (exact) mass is 463 g/mol. The number of amides is 2. The predicted molar refractivity (Wildman–Crippen MR) is 135 cm³/mol. The molecule has 0 saturated carbocycles. The smallest absolute Gasteiger partial charge is 0.293 e. The Balaban J connectivity index is 1.53. The van der Waals surface area contributed by atoms with Gasteiger partial charge in [0.1, 0.15) is 0 Å². The van der Waals surface area contributed by atoms with Crippen molar-refractivity contribution in [3.05, 3.63) is 112 Å². The molecule has 0 aliphatic carbocycles. The van der Waals surface area contributed by atoms with Gasteiger partial charge in [0.15, 0.2) is 0 Å². The largest absolute Gasteiger partial charge is 0.340 e. The van der Waals surface area contributed by atoms with E-state index in [1.807, 2.05) is 91.9 Å². The van der Waals surface area contributed by atoms with Gasteiger partial charge in [-0.05, 0) is 48.0 Å². The van der Waals surface area contributed by atoms with Crippen LogP contribution in [0, 0.1) is 18.3 Å². The average Bonchev–Trinajstić information content (AvgIpc) is 3.28. The van der Waals surface area contributed by atoms with Gasteiger partial charge in [-0.15, -0.1) is 0 Å². The Bertz CT molecular complexity index is 1500. The first-order valence-electron chi connectivity index (χ1n) is 10.9. The summed E-state index contributed by atoms with van der Waals surface area (Å²) in [6, 6.07) is 27.4. The summed E-state index contributed by atoms with van der Waals surface area (Å²) in [5.74, 6) is -0.273. The SMILES string of the molecule is Cc1c(/C=C2\SC(=O)N(Cc3ccccc3)C2=O)c2ccccc2n1Cc1ccccc1C#N. The summed E-state index contributed by atoms with van der Waals surface area (Å²) < 4.78 is 2.16. The minimum atomic E-state index is -0.273. The molecule has 5 rings (SSSR count). The van der Waals surface area contributed by atoms with E-state index in [-0.39, 0.29) is 17.7 Å². The number of hydrogen-bond acceptors (Lipinski definition) is 4. The molecule has 0 radical (unpaired) electrons. The number of benzene rings is 3. The van der Waals surface area contributed by atoms with E-state index >= 15 is 0 Å². The number of fused-ring (bicyclic) bond motifs is 1. The summed E-state index contributed by atoms with van der Waals surface area (Å²) in [4.78, 5) is 27.5. The van der Waals surface area contributed by atoms with E-state index in [1.54, 1.807) is 0 Å². The summed E-state index contributed by atoms with van der Waals surface area (Å²) >= 11 is 0.979. The van der Waals surface area contributed by atoms with Crippen LogP contribution < -0.4 is 0 Å². The zero-order chi connectivity index (χ0) is 23.7. The van der Waals surface area contributed by atoms with Gasteiger partial charge in [0.2, 0.25) is 0 Å². The first-order valence-corrected chi connectivity index (χ1v) is 11.7. The van der Waals surface area contributed by atoms with Gasteiger partial charge in [-0.3, -0.25) is 14.5 Å². The van der Waals surface area contributed by atoms with Crippen molar-refractivity contribution in [3.8, 4) is 6.07 Å². The second kappa shape index (κ2) is 9.05. The molecule has 0 bridgehead atoms. The molecule has 6 heteroatoms. The molecule has 3 aromatic carbocycles. The van der Waals surface area contributed by atoms with E-state index in [0.29, 0.717) is 17.0 Å². The Morgan fingerprint density at radius 3 is 2.41 bits per heavy atom. The van der Waals surface area contributed by atoms with Crippen molar-refractivity contribution in [3.63, 3.8) is 0 Å². The summed E-state index contributed by atoms with van der Waals surface area (Å²) in [5, 5.41) is 10.3. The third-order valence-electron chi connectivity index (χ3n) is 6.08. The zero-order valence-electron chi connectivity index (χ0n) is 18.6. The number of para-hydroxylation sites is 1. The highest BCUT2D eigenvalue weighted by molar-refractivity contribution is 8.18. The maximum absolute atomic E-state index is 13.1. The van der Waals surface area contributed by atoms with Crippen molar-refractivity contribution in [1.29, 1.82) is 5.26 Å². The van der Waals surface area contributed by atoms with Crippen LogP contribution in [0.5, 0.6) is 0 Å². The van der Waals surface area contributed by atoms with Crippen LogP contribution in [-0.4, -0.2) is 20.6 Å². The third-order valence-corrected chi connectivity index (χ3v) is 6.99. The van der Waals surface area contributed by atoms with Crippen molar-refractivity contribution >= 4 is 39.9 Å². The molecule has 1 aliphatic heterocycles. The summed E-state index contributed by atoms with van der Waals surface area (Å²) in [7, 11) is 0. The second-order valence-electron chi connectivity index (χ2n) is 8.12. The van der Waals surface area contributed by atoms with Gasteiger partial charge >= 0.3 is 0 Å². The van der Waals surface area contributed by atoms with E-state index in [4.69, 9.17) is 0 Å². The maximum atomic E-state index is 13.1. The van der Waals surface area contributed by atoms with Gasteiger partial charge in [-0.1, -0.05) is 66.7 Å². The van der Waals surface area contributed by atoms with E-state index in [1.165, 1.54) is 4.90 Å². The van der Waals surface area contributed by atoms with E-state index in [9.17, 15) is 14.9 Å². The molecule has 2 amide bonds. The van der Waals surface area contributed by atoms with Crippen LogP contribution in [0.4, 0.5) is 4.79 Å². The second-order valence-corrected chi connectivity index (χ2v) is 9.12. The molecule has 34 heavy (non-hydrogen) atoms. The van der Waals surface area contributed by atoms with Crippen molar-refractivity contribution in [2.45, 2.75) is 20.0 Å². The molecule has 1 aliphatic rings. The highest BCUT2D eigenvalue weighted by Gasteiger charge is 2.35. The Morgan fingerprint density at radius 2 is 1.62 bits per heavy atom. The number of aromatic nitrogens is 1. The van der Waals surface area contributed by atoms with Crippen molar-refractivity contribution in [2.24, 2.45) is 0 Å². The first kappa shape index (κ1) is 21.7. The molecular weight excluding hydrogens is 442 g/mol. The van der Waals surface area contributed by atoms with Gasteiger partial charge in [0, 0.05) is 28.7 Å². The highest BCUT2D eigenvalue weighted by atomic mass is 32.2. The van der Waals surface area contributed by atoms with Crippen LogP contribution in [-0.2, 0) is 17.9 Å². The van der Waals surface area contributed by atoms with Crippen LogP contribution in [0.15, 0.2) is 83.8 Å². The lowest BCUT2D eigenvalue weighted by atomic mass is 10.1. The summed E-state index contributed by atoms with van der Waals surface area (Å²) in [6.07, 6.45) is 1.83. The normalized spacial score (nSPS) is 14.8. The minimum absolute atomic E-state index is 0.258. The first-order chi connectivity index (χ1) is 16.6. The number of carbonyl (C=O) groups is 2. The van der Waals surface area contributed by atoms with Crippen LogP contribution >= 0.6 is 11.8 Å². The van der Waals surface area contributed by atoms with Crippen LogP contribution in [0.3, 0.4) is 0 Å². The quantitative estimate of drug-likeness (QED) is 0.335. The summed E-state index contributed by atoms with van der Waals surface area (Å²) in [5.41, 5.74) is 5.39. The number of nitrogens with zero attached hydrogens (tertiary/aromatic N) is 3. The Morgan fingerprint density at radius 1 is 0.912 bits per heavy atom. The number of nitriles is 1. The van der Waals surface area contributed by atoms with Crippen molar-refractivity contribution in [1.82, 2.24) is 9.47 Å². The maximum Gasteiger partial charge on any atom is 0.293 e. The molecule has 0 atom stereocenters. The van der Waals surface area contributed by atoms with E-state index < -0.39 is 0 Å². The number of imide groups is 1. The van der Waals surface area contributed by atoms with Crippen LogP contribution in [0.2, 0.25) is 0 Å². The fraction of sp³-hybridized carbons (Fsp3) is 0.107. The number of hydrogen-bond donors (Lipinski definition) is 0. The molecule has 166 valence electrons. The van der Waals surface area contributed by atoms with Crippen LogP contribution in [0.25, 0.3) is 17.0 Å². The molecule has 0 unspecified atom stereocenters. The standard InChI is InChI=1S/C28H21N3O2S/c1-19-24(15-26-27(32)31(28(33)34-26)17-20-9-3-2-4-10-20)23-13-7-8-14-25(23)30(19)18-22-12-6-5-11-21(22)16-29/h2-15H,17-18H2,1H3/b26-15-. The molecule has 0 N–H and O–H groups in total. The van der Waals surface area contributed by atoms with Gasteiger partial charge < -0.3 is 4.57 Å². The molecule has 1 saturated heterocycles. The lowest BCUT2D eigenvalue weighted by molar-refractivity contribution is -0.123. The Hall–Kier alpha value is -4.08.